The van der Waals surface area contributed by atoms with Crippen LogP contribution in [0.25, 0.3) is 0 Å². The molecule has 0 saturated carbocycles. The third-order valence-electron chi connectivity index (χ3n) is 1.11. The van der Waals surface area contributed by atoms with E-state index in [1.165, 1.54) is 6.08 Å². The molecule has 66 valence electrons. The number of rotatable bonds is 5. The number of aldehydes is 1. The van der Waals surface area contributed by atoms with Gasteiger partial charge in [0.25, 0.3) is 0 Å². The highest BCUT2D eigenvalue weighted by Gasteiger charge is 2.04. The number of hydrogen-bond donors (Lipinski definition) is 2. The van der Waals surface area contributed by atoms with E-state index in [-0.39, 0.29) is 0 Å². The van der Waals surface area contributed by atoms with Gasteiger partial charge in [-0.15, -0.1) is 13.2 Å². The second kappa shape index (κ2) is 6.15. The van der Waals surface area contributed by atoms with Crippen molar-refractivity contribution < 1.29 is 9.59 Å². The van der Waals surface area contributed by atoms with Crippen LogP contribution in [0.1, 0.15) is 0 Å². The van der Waals surface area contributed by atoms with E-state index in [9.17, 15) is 9.59 Å². The lowest BCUT2D eigenvalue weighted by molar-refractivity contribution is -0.108. The molecule has 0 aliphatic heterocycles. The second-order valence-corrected chi connectivity index (χ2v) is 2.04. The molecule has 0 aromatic rings. The molecule has 1 unspecified atom stereocenters. The molecule has 0 rings (SSSR count). The minimum Gasteiger partial charge on any atom is -0.335 e. The molecule has 2 N–H and O–H groups in total. The summed E-state index contributed by atoms with van der Waals surface area (Å²) in [6, 6.07) is -1.04. The SMILES string of the molecule is C=CCNC(=O)NC(C=C)C=O. The Hall–Kier alpha value is -1.58. The molecule has 0 spiro atoms. The van der Waals surface area contributed by atoms with Gasteiger partial charge in [0.2, 0.25) is 0 Å². The fourth-order valence-electron chi connectivity index (χ4n) is 0.516. The summed E-state index contributed by atoms with van der Waals surface area (Å²) >= 11 is 0. The van der Waals surface area contributed by atoms with Crippen molar-refractivity contribution in [3.05, 3.63) is 25.3 Å². The number of hydrogen-bond acceptors (Lipinski definition) is 2. The van der Waals surface area contributed by atoms with Gasteiger partial charge >= 0.3 is 6.03 Å². The first-order valence-electron chi connectivity index (χ1n) is 3.47. The van der Waals surface area contributed by atoms with Crippen LogP contribution in [0.3, 0.4) is 0 Å². The Kier molecular flexibility index (Phi) is 5.34. The van der Waals surface area contributed by atoms with Gasteiger partial charge in [-0.25, -0.2) is 4.79 Å². The quantitative estimate of drug-likeness (QED) is 0.456. The molecule has 2 amide bonds. The summed E-state index contributed by atoms with van der Waals surface area (Å²) in [6.07, 6.45) is 3.49. The van der Waals surface area contributed by atoms with Crippen molar-refractivity contribution in [2.24, 2.45) is 0 Å². The standard InChI is InChI=1S/C8H12N2O2/c1-3-5-9-8(12)10-7(4-2)6-11/h3-4,6-7H,1-2,5H2,(H2,9,10,12). The first-order chi connectivity index (χ1) is 5.74. The minimum atomic E-state index is -0.630. The summed E-state index contributed by atoms with van der Waals surface area (Å²) in [5.74, 6) is 0. The second-order valence-electron chi connectivity index (χ2n) is 2.04. The Labute approximate surface area is 71.3 Å². The van der Waals surface area contributed by atoms with Crippen molar-refractivity contribution in [2.45, 2.75) is 6.04 Å². The third kappa shape index (κ3) is 4.27. The molecular weight excluding hydrogens is 156 g/mol. The Morgan fingerprint density at radius 3 is 2.58 bits per heavy atom. The molecule has 4 nitrogen and oxygen atoms in total. The predicted molar refractivity (Wildman–Crippen MR) is 46.8 cm³/mol. The number of amides is 2. The van der Waals surface area contributed by atoms with E-state index in [4.69, 9.17) is 0 Å². The average molecular weight is 168 g/mol. The van der Waals surface area contributed by atoms with Crippen LogP contribution in [0.2, 0.25) is 0 Å². The summed E-state index contributed by atoms with van der Waals surface area (Å²) in [6.45, 7) is 7.16. The fraction of sp³-hybridized carbons (Fsp3) is 0.250. The third-order valence-corrected chi connectivity index (χ3v) is 1.11. The van der Waals surface area contributed by atoms with Gasteiger partial charge in [-0.3, -0.25) is 0 Å². The first-order valence-corrected chi connectivity index (χ1v) is 3.47. The molecule has 0 aromatic heterocycles. The van der Waals surface area contributed by atoms with E-state index in [0.29, 0.717) is 12.8 Å². The smallest absolute Gasteiger partial charge is 0.315 e. The highest BCUT2D eigenvalue weighted by molar-refractivity contribution is 5.78. The van der Waals surface area contributed by atoms with Gasteiger partial charge in [-0.05, 0) is 0 Å². The summed E-state index contributed by atoms with van der Waals surface area (Å²) in [5, 5.41) is 4.82. The molecular formula is C8H12N2O2. The lowest BCUT2D eigenvalue weighted by Gasteiger charge is -2.07. The summed E-state index contributed by atoms with van der Waals surface area (Å²) in [4.78, 5) is 21.1. The van der Waals surface area contributed by atoms with Crippen LogP contribution in [0.15, 0.2) is 25.3 Å². The summed E-state index contributed by atoms with van der Waals surface area (Å²) < 4.78 is 0. The van der Waals surface area contributed by atoms with Crippen LogP contribution >= 0.6 is 0 Å². The van der Waals surface area contributed by atoms with Gasteiger partial charge in [0.05, 0.1) is 0 Å². The average Bonchev–Trinajstić information content (AvgIpc) is 2.10. The largest absolute Gasteiger partial charge is 0.335 e. The van der Waals surface area contributed by atoms with Crippen molar-refractivity contribution in [2.75, 3.05) is 6.54 Å². The highest BCUT2D eigenvalue weighted by atomic mass is 16.2. The van der Waals surface area contributed by atoms with Crippen molar-refractivity contribution >= 4 is 12.3 Å². The van der Waals surface area contributed by atoms with Crippen LogP contribution < -0.4 is 10.6 Å². The van der Waals surface area contributed by atoms with E-state index in [1.54, 1.807) is 6.08 Å². The van der Waals surface area contributed by atoms with E-state index in [0.717, 1.165) is 0 Å². The Morgan fingerprint density at radius 1 is 1.50 bits per heavy atom. The van der Waals surface area contributed by atoms with E-state index >= 15 is 0 Å². The maximum Gasteiger partial charge on any atom is 0.315 e. The Balaban J connectivity index is 3.73. The van der Waals surface area contributed by atoms with Gasteiger partial charge in [-0.2, -0.15) is 0 Å². The van der Waals surface area contributed by atoms with Crippen LogP contribution in [-0.4, -0.2) is 24.9 Å². The first kappa shape index (κ1) is 10.4. The van der Waals surface area contributed by atoms with Gasteiger partial charge in [0.1, 0.15) is 12.3 Å². The zero-order valence-electron chi connectivity index (χ0n) is 6.75. The lowest BCUT2D eigenvalue weighted by atomic mass is 10.3. The number of carbonyl (C=O) groups is 2. The normalized spacial score (nSPS) is 11.0. The molecule has 0 radical (unpaired) electrons. The van der Waals surface area contributed by atoms with Crippen LogP contribution in [-0.2, 0) is 4.79 Å². The topological polar surface area (TPSA) is 58.2 Å². The highest BCUT2D eigenvalue weighted by Crippen LogP contribution is 1.78. The van der Waals surface area contributed by atoms with Crippen LogP contribution in [0, 0.1) is 0 Å². The zero-order chi connectivity index (χ0) is 9.40. The summed E-state index contributed by atoms with van der Waals surface area (Å²) in [5.41, 5.74) is 0. The molecule has 0 aliphatic rings. The van der Waals surface area contributed by atoms with E-state index < -0.39 is 12.1 Å². The van der Waals surface area contributed by atoms with Gasteiger partial charge < -0.3 is 15.4 Å². The number of nitrogens with one attached hydrogen (secondary N) is 2. The number of urea groups is 1. The molecule has 0 aromatic carbocycles. The molecule has 0 aliphatic carbocycles. The number of carbonyl (C=O) groups excluding carboxylic acids is 2. The molecule has 0 fully saturated rings. The summed E-state index contributed by atoms with van der Waals surface area (Å²) in [7, 11) is 0. The predicted octanol–water partition coefficient (Wildman–Crippen LogP) is 0.225. The maximum atomic E-state index is 10.9. The van der Waals surface area contributed by atoms with Crippen molar-refractivity contribution in [3.8, 4) is 0 Å². The van der Waals surface area contributed by atoms with Crippen LogP contribution in [0.5, 0.6) is 0 Å². The molecule has 4 heteroatoms. The van der Waals surface area contributed by atoms with Gasteiger partial charge in [-0.1, -0.05) is 12.2 Å². The van der Waals surface area contributed by atoms with Gasteiger partial charge in [0.15, 0.2) is 0 Å². The molecule has 0 bridgehead atoms. The molecule has 1 atom stereocenters. The molecule has 0 saturated heterocycles. The van der Waals surface area contributed by atoms with E-state index in [2.05, 4.69) is 23.8 Å². The van der Waals surface area contributed by atoms with Crippen molar-refractivity contribution in [1.82, 2.24) is 10.6 Å². The van der Waals surface area contributed by atoms with Crippen molar-refractivity contribution in [3.63, 3.8) is 0 Å². The fourth-order valence-corrected chi connectivity index (χ4v) is 0.516. The van der Waals surface area contributed by atoms with E-state index in [1.807, 2.05) is 0 Å². The maximum absolute atomic E-state index is 10.9. The zero-order valence-corrected chi connectivity index (χ0v) is 6.75. The molecule has 12 heavy (non-hydrogen) atoms. The monoisotopic (exact) mass is 168 g/mol. The van der Waals surface area contributed by atoms with Gasteiger partial charge in [0, 0.05) is 6.54 Å². The Bertz CT molecular complexity index is 181. The van der Waals surface area contributed by atoms with Crippen LogP contribution in [0.4, 0.5) is 4.79 Å². The molecule has 0 heterocycles. The minimum absolute atomic E-state index is 0.370. The van der Waals surface area contributed by atoms with Crippen molar-refractivity contribution in [1.29, 1.82) is 0 Å². The lowest BCUT2D eigenvalue weighted by Crippen LogP contribution is -2.41. The Morgan fingerprint density at radius 2 is 2.17 bits per heavy atom.